The minimum absolute atomic E-state index is 0.215. The summed E-state index contributed by atoms with van der Waals surface area (Å²) in [6, 6.07) is 6.02. The normalized spacial score (nSPS) is 18.6. The van der Waals surface area contributed by atoms with E-state index in [1.165, 1.54) is 0 Å². The van der Waals surface area contributed by atoms with Gasteiger partial charge in [0.05, 0.1) is 11.6 Å². The van der Waals surface area contributed by atoms with Gasteiger partial charge in [0.2, 0.25) is 5.95 Å². The number of methoxy groups -OCH3 is 1. The molecule has 0 amide bonds. The number of hydrogen-bond acceptors (Lipinski definition) is 5. The zero-order chi connectivity index (χ0) is 14.1. The molecule has 6 nitrogen and oxygen atoms in total. The Hall–Kier alpha value is -1.60. The first-order chi connectivity index (χ1) is 9.67. The summed E-state index contributed by atoms with van der Waals surface area (Å²) < 4.78 is 6.11. The van der Waals surface area contributed by atoms with Crippen LogP contribution >= 0.6 is 15.9 Å². The number of nitrogens with one attached hydrogen (secondary N) is 1. The molecule has 0 aliphatic carbocycles. The van der Waals surface area contributed by atoms with Crippen LogP contribution in [0.5, 0.6) is 5.75 Å². The predicted octanol–water partition coefficient (Wildman–Crippen LogP) is 1.78. The number of nitrogens with two attached hydrogens (primary N) is 1. The second kappa shape index (κ2) is 5.41. The molecule has 2 aromatic rings. The topological polar surface area (TPSA) is 80.1 Å². The fourth-order valence-corrected chi connectivity index (χ4v) is 2.85. The molecule has 3 rings (SSSR count). The maximum absolute atomic E-state index is 5.90. The average Bonchev–Trinajstić information content (AvgIpc) is 3.07. The van der Waals surface area contributed by atoms with Crippen LogP contribution in [-0.4, -0.2) is 41.4 Å². The van der Waals surface area contributed by atoms with E-state index >= 15 is 0 Å². The number of H-pyrrole nitrogens is 1. The molecule has 106 valence electrons. The second-order valence-electron chi connectivity index (χ2n) is 4.83. The van der Waals surface area contributed by atoms with Crippen molar-refractivity contribution in [3.05, 3.63) is 22.7 Å². The molecule has 1 saturated heterocycles. The third kappa shape index (κ3) is 2.51. The lowest BCUT2D eigenvalue weighted by atomic mass is 10.2. The first kappa shape index (κ1) is 13.4. The molecule has 1 aliphatic rings. The molecule has 1 fully saturated rings. The van der Waals surface area contributed by atoms with E-state index in [2.05, 4.69) is 36.0 Å². The number of aromatic amines is 1. The number of halogens is 1. The first-order valence-corrected chi connectivity index (χ1v) is 7.23. The van der Waals surface area contributed by atoms with Gasteiger partial charge < -0.3 is 15.4 Å². The van der Waals surface area contributed by atoms with Gasteiger partial charge in [0.15, 0.2) is 5.82 Å². The van der Waals surface area contributed by atoms with Gasteiger partial charge in [-0.2, -0.15) is 4.98 Å². The van der Waals surface area contributed by atoms with Gasteiger partial charge in [-0.1, -0.05) is 0 Å². The van der Waals surface area contributed by atoms with Gasteiger partial charge in [0, 0.05) is 24.7 Å². The molecule has 20 heavy (non-hydrogen) atoms. The van der Waals surface area contributed by atoms with E-state index in [0.717, 1.165) is 41.1 Å². The average molecular weight is 338 g/mol. The number of ether oxygens (including phenoxy) is 1. The fraction of sp³-hybridized carbons (Fsp3) is 0.385. The SMILES string of the molecule is COc1ccc(-c2nc(N3CCC(N)C3)n[nH]2)cc1Br. The van der Waals surface area contributed by atoms with E-state index in [4.69, 9.17) is 10.5 Å². The summed E-state index contributed by atoms with van der Waals surface area (Å²) in [5.74, 6) is 2.24. The largest absolute Gasteiger partial charge is 0.496 e. The fourth-order valence-electron chi connectivity index (χ4n) is 2.31. The molecule has 1 aromatic carbocycles. The maximum Gasteiger partial charge on any atom is 0.245 e. The molecule has 1 aliphatic heterocycles. The van der Waals surface area contributed by atoms with Gasteiger partial charge >= 0.3 is 0 Å². The Morgan fingerprint density at radius 3 is 3.00 bits per heavy atom. The van der Waals surface area contributed by atoms with Crippen LogP contribution in [0.4, 0.5) is 5.95 Å². The Bertz CT molecular complexity index is 615. The van der Waals surface area contributed by atoms with Crippen molar-refractivity contribution >= 4 is 21.9 Å². The quantitative estimate of drug-likeness (QED) is 0.892. The van der Waals surface area contributed by atoms with Crippen LogP contribution in [0.3, 0.4) is 0 Å². The molecule has 1 unspecified atom stereocenters. The lowest BCUT2D eigenvalue weighted by Gasteiger charge is -2.11. The number of benzene rings is 1. The summed E-state index contributed by atoms with van der Waals surface area (Å²) in [5, 5.41) is 7.24. The highest BCUT2D eigenvalue weighted by atomic mass is 79.9. The summed E-state index contributed by atoms with van der Waals surface area (Å²) in [4.78, 5) is 6.64. The molecular weight excluding hydrogens is 322 g/mol. The van der Waals surface area contributed by atoms with Crippen molar-refractivity contribution in [2.75, 3.05) is 25.1 Å². The maximum atomic E-state index is 5.90. The van der Waals surface area contributed by atoms with Crippen molar-refractivity contribution < 1.29 is 4.74 Å². The van der Waals surface area contributed by atoms with E-state index in [1.807, 2.05) is 18.2 Å². The number of rotatable bonds is 3. The van der Waals surface area contributed by atoms with Gasteiger partial charge in [0.25, 0.3) is 0 Å². The minimum atomic E-state index is 0.215. The summed E-state index contributed by atoms with van der Waals surface area (Å²) in [7, 11) is 1.64. The van der Waals surface area contributed by atoms with E-state index in [1.54, 1.807) is 7.11 Å². The van der Waals surface area contributed by atoms with Gasteiger partial charge in [-0.25, -0.2) is 0 Å². The Morgan fingerprint density at radius 1 is 1.50 bits per heavy atom. The smallest absolute Gasteiger partial charge is 0.245 e. The zero-order valence-electron chi connectivity index (χ0n) is 11.1. The first-order valence-electron chi connectivity index (χ1n) is 6.44. The van der Waals surface area contributed by atoms with Gasteiger partial charge in [-0.05, 0) is 40.5 Å². The van der Waals surface area contributed by atoms with Crippen molar-refractivity contribution in [3.8, 4) is 17.1 Å². The highest BCUT2D eigenvalue weighted by molar-refractivity contribution is 9.10. The van der Waals surface area contributed by atoms with Gasteiger partial charge in [0.1, 0.15) is 5.75 Å². The van der Waals surface area contributed by atoms with Crippen molar-refractivity contribution in [1.82, 2.24) is 15.2 Å². The highest BCUT2D eigenvalue weighted by Crippen LogP contribution is 2.29. The number of anilines is 1. The van der Waals surface area contributed by atoms with Crippen LogP contribution in [0.15, 0.2) is 22.7 Å². The van der Waals surface area contributed by atoms with Crippen molar-refractivity contribution in [2.24, 2.45) is 5.73 Å². The van der Waals surface area contributed by atoms with Crippen LogP contribution in [-0.2, 0) is 0 Å². The van der Waals surface area contributed by atoms with Crippen LogP contribution < -0.4 is 15.4 Å². The summed E-state index contributed by atoms with van der Waals surface area (Å²) in [6.07, 6.45) is 0.984. The Labute approximate surface area is 125 Å². The van der Waals surface area contributed by atoms with Crippen LogP contribution in [0.2, 0.25) is 0 Å². The van der Waals surface area contributed by atoms with E-state index < -0.39 is 0 Å². The summed E-state index contributed by atoms with van der Waals surface area (Å²) in [5.41, 5.74) is 6.86. The molecule has 0 bridgehead atoms. The third-order valence-electron chi connectivity index (χ3n) is 3.41. The van der Waals surface area contributed by atoms with E-state index in [9.17, 15) is 0 Å². The monoisotopic (exact) mass is 337 g/mol. The third-order valence-corrected chi connectivity index (χ3v) is 4.03. The predicted molar refractivity (Wildman–Crippen MR) is 80.9 cm³/mol. The molecule has 0 saturated carbocycles. The highest BCUT2D eigenvalue weighted by Gasteiger charge is 2.22. The molecule has 7 heteroatoms. The molecule has 3 N–H and O–H groups in total. The number of nitrogens with zero attached hydrogens (tertiary/aromatic N) is 3. The van der Waals surface area contributed by atoms with Crippen molar-refractivity contribution in [2.45, 2.75) is 12.5 Å². The van der Waals surface area contributed by atoms with Crippen LogP contribution in [0.25, 0.3) is 11.4 Å². The summed E-state index contributed by atoms with van der Waals surface area (Å²) >= 11 is 3.47. The van der Waals surface area contributed by atoms with E-state index in [0.29, 0.717) is 5.95 Å². The molecule has 1 aromatic heterocycles. The molecule has 1 atom stereocenters. The van der Waals surface area contributed by atoms with Crippen LogP contribution in [0.1, 0.15) is 6.42 Å². The Balaban J connectivity index is 1.84. The lowest BCUT2D eigenvalue weighted by molar-refractivity contribution is 0.412. The molecular formula is C13H16BrN5O. The zero-order valence-corrected chi connectivity index (χ0v) is 12.7. The molecule has 0 spiro atoms. The molecule has 0 radical (unpaired) electrons. The van der Waals surface area contributed by atoms with Crippen molar-refractivity contribution in [1.29, 1.82) is 0 Å². The second-order valence-corrected chi connectivity index (χ2v) is 5.68. The standard InChI is InChI=1S/C13H16BrN5O/c1-20-11-3-2-8(6-10(11)14)12-16-13(18-17-12)19-5-4-9(15)7-19/h2-3,6,9H,4-5,7,15H2,1H3,(H,16,17,18). The lowest BCUT2D eigenvalue weighted by Crippen LogP contribution is -2.26. The summed E-state index contributed by atoms with van der Waals surface area (Å²) in [6.45, 7) is 1.72. The van der Waals surface area contributed by atoms with Crippen LogP contribution in [0, 0.1) is 0 Å². The Morgan fingerprint density at radius 2 is 2.35 bits per heavy atom. The van der Waals surface area contributed by atoms with E-state index in [-0.39, 0.29) is 6.04 Å². The number of aromatic nitrogens is 3. The number of hydrogen-bond donors (Lipinski definition) is 2. The molecule has 2 heterocycles. The minimum Gasteiger partial charge on any atom is -0.496 e. The van der Waals surface area contributed by atoms with Gasteiger partial charge in [-0.15, -0.1) is 5.10 Å². The van der Waals surface area contributed by atoms with Gasteiger partial charge in [-0.3, -0.25) is 5.10 Å². The Kier molecular flexibility index (Phi) is 3.62. The van der Waals surface area contributed by atoms with Crippen molar-refractivity contribution in [3.63, 3.8) is 0 Å².